The maximum absolute atomic E-state index is 11.6. The van der Waals surface area contributed by atoms with E-state index in [9.17, 15) is 4.79 Å². The van der Waals surface area contributed by atoms with Crippen LogP contribution in [0.1, 0.15) is 26.7 Å². The van der Waals surface area contributed by atoms with Gasteiger partial charge in [-0.05, 0) is 13.0 Å². The molecule has 0 saturated carbocycles. The Hall–Kier alpha value is -0.650. The number of ether oxygens (including phenoxy) is 1. The highest BCUT2D eigenvalue weighted by molar-refractivity contribution is 5.75. The molecule has 0 bridgehead atoms. The second-order valence-corrected chi connectivity index (χ2v) is 4.36. The standard InChI is InChI=1S/C12H26N2O3/c1-11(2)13-6-4-5-12(16)14(3)7-9-17-10-8-15/h11,13,15H,4-10H2,1-3H3. The fourth-order valence-corrected chi connectivity index (χ4v) is 1.31. The topological polar surface area (TPSA) is 61.8 Å². The number of carbonyl (C=O) groups excluding carboxylic acids is 1. The molecule has 0 aromatic carbocycles. The number of amides is 1. The lowest BCUT2D eigenvalue weighted by Crippen LogP contribution is -2.31. The molecule has 5 nitrogen and oxygen atoms in total. The van der Waals surface area contributed by atoms with Gasteiger partial charge in [0, 0.05) is 26.1 Å². The molecule has 5 heteroatoms. The quantitative estimate of drug-likeness (QED) is 0.542. The average molecular weight is 246 g/mol. The highest BCUT2D eigenvalue weighted by Gasteiger charge is 2.07. The first-order chi connectivity index (χ1) is 8.07. The molecule has 0 aliphatic heterocycles. The second-order valence-electron chi connectivity index (χ2n) is 4.36. The van der Waals surface area contributed by atoms with Crippen LogP contribution in [0.4, 0.5) is 0 Å². The molecule has 0 unspecified atom stereocenters. The number of carbonyl (C=O) groups is 1. The van der Waals surface area contributed by atoms with E-state index in [1.807, 2.05) is 0 Å². The second kappa shape index (κ2) is 10.5. The molecular weight excluding hydrogens is 220 g/mol. The van der Waals surface area contributed by atoms with Crippen LogP contribution in [0.15, 0.2) is 0 Å². The van der Waals surface area contributed by atoms with Crippen molar-refractivity contribution in [2.75, 3.05) is 40.0 Å². The molecule has 0 atom stereocenters. The molecule has 0 aliphatic carbocycles. The number of hydrogen-bond acceptors (Lipinski definition) is 4. The number of nitrogens with zero attached hydrogens (tertiary/aromatic N) is 1. The fourth-order valence-electron chi connectivity index (χ4n) is 1.31. The van der Waals surface area contributed by atoms with E-state index in [1.54, 1.807) is 11.9 Å². The molecule has 17 heavy (non-hydrogen) atoms. The van der Waals surface area contributed by atoms with E-state index in [-0.39, 0.29) is 12.5 Å². The Morgan fingerprint density at radius 1 is 1.41 bits per heavy atom. The van der Waals surface area contributed by atoms with E-state index in [0.717, 1.165) is 13.0 Å². The summed E-state index contributed by atoms with van der Waals surface area (Å²) in [5.74, 6) is 0.142. The van der Waals surface area contributed by atoms with E-state index in [2.05, 4.69) is 19.2 Å². The molecule has 0 rings (SSSR count). The van der Waals surface area contributed by atoms with Crippen LogP contribution in [0.5, 0.6) is 0 Å². The van der Waals surface area contributed by atoms with Gasteiger partial charge in [-0.15, -0.1) is 0 Å². The molecular formula is C12H26N2O3. The zero-order valence-electron chi connectivity index (χ0n) is 11.2. The summed E-state index contributed by atoms with van der Waals surface area (Å²) < 4.78 is 5.10. The van der Waals surface area contributed by atoms with Crippen LogP contribution < -0.4 is 5.32 Å². The summed E-state index contributed by atoms with van der Waals surface area (Å²) in [6, 6.07) is 0.467. The molecule has 0 aromatic rings. The zero-order valence-corrected chi connectivity index (χ0v) is 11.2. The van der Waals surface area contributed by atoms with Crippen molar-refractivity contribution in [3.63, 3.8) is 0 Å². The van der Waals surface area contributed by atoms with Gasteiger partial charge >= 0.3 is 0 Å². The zero-order chi connectivity index (χ0) is 13.1. The highest BCUT2D eigenvalue weighted by atomic mass is 16.5. The molecule has 0 fully saturated rings. The lowest BCUT2D eigenvalue weighted by molar-refractivity contribution is -0.130. The van der Waals surface area contributed by atoms with Gasteiger partial charge in [-0.1, -0.05) is 13.8 Å². The van der Waals surface area contributed by atoms with Crippen LogP contribution in [0.2, 0.25) is 0 Å². The first kappa shape index (κ1) is 16.4. The molecule has 1 amide bonds. The van der Waals surface area contributed by atoms with Crippen LogP contribution in [0.25, 0.3) is 0 Å². The first-order valence-electron chi connectivity index (χ1n) is 6.24. The molecule has 0 heterocycles. The normalized spacial score (nSPS) is 10.9. The molecule has 0 aromatic heterocycles. The molecule has 102 valence electrons. The Kier molecular flexibility index (Phi) is 10.1. The Morgan fingerprint density at radius 3 is 2.71 bits per heavy atom. The number of nitrogens with one attached hydrogen (secondary N) is 1. The van der Waals surface area contributed by atoms with Crippen LogP contribution >= 0.6 is 0 Å². The minimum absolute atomic E-state index is 0.0263. The smallest absolute Gasteiger partial charge is 0.222 e. The van der Waals surface area contributed by atoms with E-state index >= 15 is 0 Å². The monoisotopic (exact) mass is 246 g/mol. The van der Waals surface area contributed by atoms with Crippen molar-refractivity contribution < 1.29 is 14.6 Å². The van der Waals surface area contributed by atoms with Gasteiger partial charge in [-0.25, -0.2) is 0 Å². The fraction of sp³-hybridized carbons (Fsp3) is 0.917. The van der Waals surface area contributed by atoms with Crippen molar-refractivity contribution in [1.82, 2.24) is 10.2 Å². The van der Waals surface area contributed by atoms with Crippen molar-refractivity contribution in [3.8, 4) is 0 Å². The first-order valence-corrected chi connectivity index (χ1v) is 6.24. The molecule has 2 N–H and O–H groups in total. The van der Waals surface area contributed by atoms with E-state index in [4.69, 9.17) is 9.84 Å². The maximum atomic E-state index is 11.6. The Labute approximate surface area is 104 Å². The maximum Gasteiger partial charge on any atom is 0.222 e. The van der Waals surface area contributed by atoms with Crippen LogP contribution in [0, 0.1) is 0 Å². The lowest BCUT2D eigenvalue weighted by atomic mass is 10.2. The minimum atomic E-state index is 0.0263. The summed E-state index contributed by atoms with van der Waals surface area (Å²) in [5, 5.41) is 11.8. The van der Waals surface area contributed by atoms with E-state index in [1.165, 1.54) is 0 Å². The van der Waals surface area contributed by atoms with Gasteiger partial charge in [0.25, 0.3) is 0 Å². The third kappa shape index (κ3) is 10.2. The van der Waals surface area contributed by atoms with Crippen LogP contribution in [0.3, 0.4) is 0 Å². The Bertz CT molecular complexity index is 198. The van der Waals surface area contributed by atoms with Crippen LogP contribution in [-0.2, 0) is 9.53 Å². The highest BCUT2D eigenvalue weighted by Crippen LogP contribution is 1.95. The van der Waals surface area contributed by atoms with Gasteiger partial charge < -0.3 is 20.1 Å². The Morgan fingerprint density at radius 2 is 2.12 bits per heavy atom. The van der Waals surface area contributed by atoms with Gasteiger partial charge in [0.2, 0.25) is 5.91 Å². The summed E-state index contributed by atoms with van der Waals surface area (Å²) >= 11 is 0. The number of aliphatic hydroxyl groups excluding tert-OH is 1. The van der Waals surface area contributed by atoms with Gasteiger partial charge in [0.1, 0.15) is 0 Å². The average Bonchev–Trinajstić information content (AvgIpc) is 2.29. The SMILES string of the molecule is CC(C)NCCCC(=O)N(C)CCOCCO. The van der Waals surface area contributed by atoms with Gasteiger partial charge in [-0.2, -0.15) is 0 Å². The predicted octanol–water partition coefficient (Wildman–Crippen LogP) is 0.232. The van der Waals surface area contributed by atoms with E-state index < -0.39 is 0 Å². The minimum Gasteiger partial charge on any atom is -0.394 e. The number of hydrogen-bond donors (Lipinski definition) is 2. The van der Waals surface area contributed by atoms with Crippen molar-refractivity contribution in [2.24, 2.45) is 0 Å². The van der Waals surface area contributed by atoms with Crippen molar-refractivity contribution in [3.05, 3.63) is 0 Å². The lowest BCUT2D eigenvalue weighted by Gasteiger charge is -2.17. The molecule has 0 spiro atoms. The summed E-state index contributed by atoms with van der Waals surface area (Å²) in [6.07, 6.45) is 1.43. The molecule has 0 aliphatic rings. The predicted molar refractivity (Wildman–Crippen MR) is 67.9 cm³/mol. The summed E-state index contributed by atoms with van der Waals surface area (Å²) in [6.45, 7) is 6.47. The third-order valence-corrected chi connectivity index (χ3v) is 2.35. The van der Waals surface area contributed by atoms with Crippen molar-refractivity contribution in [2.45, 2.75) is 32.7 Å². The third-order valence-electron chi connectivity index (χ3n) is 2.35. The Balaban J connectivity index is 3.47. The van der Waals surface area contributed by atoms with Gasteiger partial charge in [0.05, 0.1) is 19.8 Å². The summed E-state index contributed by atoms with van der Waals surface area (Å²) in [7, 11) is 1.78. The van der Waals surface area contributed by atoms with Crippen LogP contribution in [-0.4, -0.2) is 61.9 Å². The number of likely N-dealkylation sites (N-methyl/N-ethyl adjacent to an activating group) is 1. The van der Waals surface area contributed by atoms with Gasteiger partial charge in [-0.3, -0.25) is 4.79 Å². The van der Waals surface area contributed by atoms with Crippen molar-refractivity contribution >= 4 is 5.91 Å². The largest absolute Gasteiger partial charge is 0.394 e. The number of rotatable bonds is 10. The molecule has 0 saturated heterocycles. The molecule has 0 radical (unpaired) electrons. The summed E-state index contributed by atoms with van der Waals surface area (Å²) in [4.78, 5) is 13.3. The van der Waals surface area contributed by atoms with E-state index in [0.29, 0.717) is 32.2 Å². The summed E-state index contributed by atoms with van der Waals surface area (Å²) in [5.41, 5.74) is 0. The number of aliphatic hydroxyl groups is 1. The van der Waals surface area contributed by atoms with Crippen molar-refractivity contribution in [1.29, 1.82) is 0 Å². The van der Waals surface area contributed by atoms with Gasteiger partial charge in [0.15, 0.2) is 0 Å².